The van der Waals surface area contributed by atoms with E-state index in [1.165, 1.54) is 11.8 Å². The molecule has 1 heterocycles. The molecule has 0 aliphatic rings. The highest BCUT2D eigenvalue weighted by Gasteiger charge is 2.20. The van der Waals surface area contributed by atoms with Gasteiger partial charge in [0.1, 0.15) is 0 Å². The van der Waals surface area contributed by atoms with Gasteiger partial charge in [-0.25, -0.2) is 0 Å². The van der Waals surface area contributed by atoms with E-state index in [9.17, 15) is 9.59 Å². The van der Waals surface area contributed by atoms with Crippen LogP contribution in [0, 0.1) is 0 Å². The molecule has 7 nitrogen and oxygen atoms in total. The second-order valence-corrected chi connectivity index (χ2v) is 7.87. The lowest BCUT2D eigenvalue weighted by Crippen LogP contribution is -2.28. The van der Waals surface area contributed by atoms with Crippen LogP contribution in [0.1, 0.15) is 36.1 Å². The summed E-state index contributed by atoms with van der Waals surface area (Å²) in [5.41, 5.74) is 1.26. The van der Waals surface area contributed by atoms with Crippen LogP contribution in [-0.2, 0) is 11.3 Å². The molecule has 30 heavy (non-hydrogen) atoms. The minimum absolute atomic E-state index is 0.153. The van der Waals surface area contributed by atoms with Crippen molar-refractivity contribution in [3.05, 3.63) is 71.0 Å². The average molecular weight is 444 g/mol. The van der Waals surface area contributed by atoms with Crippen molar-refractivity contribution in [2.24, 2.45) is 0 Å². The number of rotatable bonds is 8. The van der Waals surface area contributed by atoms with Crippen molar-refractivity contribution < 1.29 is 9.59 Å². The Bertz CT molecular complexity index is 1010. The smallest absolute Gasteiger partial charge is 0.251 e. The second-order valence-electron chi connectivity index (χ2n) is 6.49. The van der Waals surface area contributed by atoms with Gasteiger partial charge in [0.05, 0.1) is 11.8 Å². The number of thioether (sulfide) groups is 1. The monoisotopic (exact) mass is 443 g/mol. The summed E-state index contributed by atoms with van der Waals surface area (Å²) in [6.45, 7) is 4.45. The van der Waals surface area contributed by atoms with E-state index in [0.717, 1.165) is 0 Å². The maximum Gasteiger partial charge on any atom is 0.251 e. The molecule has 1 aromatic heterocycles. The van der Waals surface area contributed by atoms with E-state index >= 15 is 0 Å². The van der Waals surface area contributed by atoms with Crippen molar-refractivity contribution in [2.75, 3.05) is 11.1 Å². The number of nitrogens with zero attached hydrogens (tertiary/aromatic N) is 3. The quantitative estimate of drug-likeness (QED) is 0.510. The van der Waals surface area contributed by atoms with Gasteiger partial charge in [0.2, 0.25) is 5.91 Å². The molecule has 2 N–H and O–H groups in total. The summed E-state index contributed by atoms with van der Waals surface area (Å²) in [4.78, 5) is 24.6. The van der Waals surface area contributed by atoms with Crippen LogP contribution in [0.5, 0.6) is 0 Å². The zero-order chi connectivity index (χ0) is 21.5. The highest BCUT2D eigenvalue weighted by atomic mass is 35.5. The first-order valence-electron chi connectivity index (χ1n) is 9.45. The first-order chi connectivity index (χ1) is 14.5. The Morgan fingerprint density at radius 3 is 2.47 bits per heavy atom. The van der Waals surface area contributed by atoms with Crippen molar-refractivity contribution in [3.63, 3.8) is 0 Å². The predicted molar refractivity (Wildman–Crippen MR) is 119 cm³/mol. The lowest BCUT2D eigenvalue weighted by Gasteiger charge is -2.15. The van der Waals surface area contributed by atoms with Crippen LogP contribution >= 0.6 is 23.4 Å². The summed E-state index contributed by atoms with van der Waals surface area (Å²) in [5.74, 6) is 0.499. The van der Waals surface area contributed by atoms with Crippen molar-refractivity contribution in [1.82, 2.24) is 20.1 Å². The van der Waals surface area contributed by atoms with Crippen LogP contribution in [0.15, 0.2) is 59.8 Å². The van der Waals surface area contributed by atoms with Crippen molar-refractivity contribution >= 4 is 40.9 Å². The average Bonchev–Trinajstić information content (AvgIpc) is 3.17. The summed E-state index contributed by atoms with van der Waals surface area (Å²) in [7, 11) is 0. The molecular weight excluding hydrogens is 422 g/mol. The maximum absolute atomic E-state index is 12.4. The molecule has 1 unspecified atom stereocenters. The third-order valence-corrected chi connectivity index (χ3v) is 5.51. The van der Waals surface area contributed by atoms with E-state index in [1.807, 2.05) is 36.6 Å². The Labute approximate surface area is 184 Å². The molecule has 0 bridgehead atoms. The molecule has 3 aromatic rings. The lowest BCUT2D eigenvalue weighted by molar-refractivity contribution is -0.113. The third kappa shape index (κ3) is 5.61. The minimum Gasteiger partial charge on any atom is -0.342 e. The van der Waals surface area contributed by atoms with Gasteiger partial charge < -0.3 is 15.2 Å². The molecular formula is C21H22ClN5O2S. The number of aromatic nitrogens is 3. The largest absolute Gasteiger partial charge is 0.342 e. The third-order valence-electron chi connectivity index (χ3n) is 4.29. The molecule has 2 aromatic carbocycles. The standard InChI is InChI=1S/C21H22ClN5O2S/c1-3-27-19(14(2)23-20(29)15-7-5-4-6-8-15)25-26-21(27)30-13-18(28)24-17-11-9-16(22)10-12-17/h4-12,14H,3,13H2,1-2H3,(H,23,29)(H,24,28). The molecule has 156 valence electrons. The minimum atomic E-state index is -0.331. The van der Waals surface area contributed by atoms with Crippen molar-refractivity contribution in [1.29, 1.82) is 0 Å². The Morgan fingerprint density at radius 1 is 1.10 bits per heavy atom. The van der Waals surface area contributed by atoms with E-state index in [2.05, 4.69) is 20.8 Å². The molecule has 2 amide bonds. The van der Waals surface area contributed by atoms with E-state index in [0.29, 0.717) is 33.8 Å². The molecule has 9 heteroatoms. The molecule has 0 aliphatic heterocycles. The fourth-order valence-corrected chi connectivity index (χ4v) is 3.75. The van der Waals surface area contributed by atoms with Gasteiger partial charge in [-0.05, 0) is 50.2 Å². The highest BCUT2D eigenvalue weighted by molar-refractivity contribution is 7.99. The first kappa shape index (κ1) is 21.9. The number of carbonyl (C=O) groups is 2. The van der Waals surface area contributed by atoms with Crippen LogP contribution in [-0.4, -0.2) is 32.3 Å². The fourth-order valence-electron chi connectivity index (χ4n) is 2.82. The van der Waals surface area contributed by atoms with Gasteiger partial charge in [-0.15, -0.1) is 10.2 Å². The fraction of sp³-hybridized carbons (Fsp3) is 0.238. The zero-order valence-electron chi connectivity index (χ0n) is 16.6. The molecule has 0 saturated heterocycles. The van der Waals surface area contributed by atoms with Gasteiger partial charge in [0.15, 0.2) is 11.0 Å². The van der Waals surface area contributed by atoms with Gasteiger partial charge >= 0.3 is 0 Å². The summed E-state index contributed by atoms with van der Waals surface area (Å²) < 4.78 is 1.90. The maximum atomic E-state index is 12.4. The van der Waals surface area contributed by atoms with Gasteiger partial charge in [-0.3, -0.25) is 9.59 Å². The second kappa shape index (κ2) is 10.3. The van der Waals surface area contributed by atoms with Crippen molar-refractivity contribution in [3.8, 4) is 0 Å². The summed E-state index contributed by atoms with van der Waals surface area (Å²) >= 11 is 7.15. The number of nitrogens with one attached hydrogen (secondary N) is 2. The number of benzene rings is 2. The Kier molecular flexibility index (Phi) is 7.48. The van der Waals surface area contributed by atoms with Gasteiger partial charge in [0, 0.05) is 22.8 Å². The number of carbonyl (C=O) groups excluding carboxylic acids is 2. The van der Waals surface area contributed by atoms with Gasteiger partial charge in [-0.1, -0.05) is 41.6 Å². The van der Waals surface area contributed by atoms with Crippen LogP contribution in [0.4, 0.5) is 5.69 Å². The summed E-state index contributed by atoms with van der Waals surface area (Å²) in [6, 6.07) is 15.6. The topological polar surface area (TPSA) is 88.9 Å². The first-order valence-corrected chi connectivity index (χ1v) is 10.8. The SMILES string of the molecule is CCn1c(SCC(=O)Nc2ccc(Cl)cc2)nnc1C(C)NC(=O)c1ccccc1. The molecule has 0 saturated carbocycles. The van der Waals surface area contributed by atoms with E-state index < -0.39 is 0 Å². The number of halogens is 1. The van der Waals surface area contributed by atoms with Gasteiger partial charge in [0.25, 0.3) is 5.91 Å². The number of hydrogen-bond acceptors (Lipinski definition) is 5. The normalized spacial score (nSPS) is 11.7. The number of hydrogen-bond donors (Lipinski definition) is 2. The molecule has 0 fully saturated rings. The summed E-state index contributed by atoms with van der Waals surface area (Å²) in [5, 5.41) is 15.4. The molecule has 3 rings (SSSR count). The Hall–Kier alpha value is -2.84. The highest BCUT2D eigenvalue weighted by Crippen LogP contribution is 2.21. The Balaban J connectivity index is 1.61. The van der Waals surface area contributed by atoms with E-state index in [4.69, 9.17) is 11.6 Å². The van der Waals surface area contributed by atoms with E-state index in [-0.39, 0.29) is 23.6 Å². The van der Waals surface area contributed by atoms with Gasteiger partial charge in [-0.2, -0.15) is 0 Å². The van der Waals surface area contributed by atoms with Crippen LogP contribution in [0.25, 0.3) is 0 Å². The van der Waals surface area contributed by atoms with Crippen molar-refractivity contribution in [2.45, 2.75) is 31.6 Å². The number of anilines is 1. The summed E-state index contributed by atoms with van der Waals surface area (Å²) in [6.07, 6.45) is 0. The predicted octanol–water partition coefficient (Wildman–Crippen LogP) is 4.17. The molecule has 0 aliphatic carbocycles. The van der Waals surface area contributed by atoms with Crippen LogP contribution in [0.2, 0.25) is 5.02 Å². The zero-order valence-corrected chi connectivity index (χ0v) is 18.2. The number of amides is 2. The van der Waals surface area contributed by atoms with Crippen LogP contribution in [0.3, 0.4) is 0 Å². The molecule has 0 radical (unpaired) electrons. The van der Waals surface area contributed by atoms with Crippen LogP contribution < -0.4 is 10.6 Å². The molecule has 0 spiro atoms. The lowest BCUT2D eigenvalue weighted by atomic mass is 10.2. The Morgan fingerprint density at radius 2 is 1.80 bits per heavy atom. The van der Waals surface area contributed by atoms with E-state index in [1.54, 1.807) is 36.4 Å². The molecule has 1 atom stereocenters.